The number of nitrogens with one attached hydrogen (secondary N) is 2. The maximum Gasteiger partial charge on any atom is 0.146 e. The Balaban J connectivity index is 1.79. The van der Waals surface area contributed by atoms with E-state index >= 15 is 0 Å². The molecule has 1 aromatic heterocycles. The number of para-hydroxylation sites is 1. The Morgan fingerprint density at radius 1 is 1.10 bits per heavy atom. The lowest BCUT2D eigenvalue weighted by Crippen LogP contribution is -2.16. The minimum Gasteiger partial charge on any atom is -0.367 e. The van der Waals surface area contributed by atoms with Gasteiger partial charge in [0.25, 0.3) is 0 Å². The van der Waals surface area contributed by atoms with E-state index in [4.69, 9.17) is 0 Å². The number of hydrogen-bond donors (Lipinski definition) is 2. The molecule has 2 aromatic rings. The van der Waals surface area contributed by atoms with E-state index in [1.54, 1.807) is 18.2 Å². The summed E-state index contributed by atoms with van der Waals surface area (Å²) >= 11 is 0. The molecule has 4 nitrogen and oxygen atoms in total. The van der Waals surface area contributed by atoms with Gasteiger partial charge in [-0.05, 0) is 31.9 Å². The van der Waals surface area contributed by atoms with Crippen molar-refractivity contribution in [3.63, 3.8) is 0 Å². The molecule has 3 rings (SSSR count). The summed E-state index contributed by atoms with van der Waals surface area (Å²) in [5.41, 5.74) is 0.419. The molecule has 0 bridgehead atoms. The molecule has 1 heterocycles. The van der Waals surface area contributed by atoms with Gasteiger partial charge >= 0.3 is 0 Å². The zero-order valence-electron chi connectivity index (χ0n) is 12.1. The maximum atomic E-state index is 13.7. The highest BCUT2D eigenvalue weighted by atomic mass is 19.1. The fourth-order valence-corrected chi connectivity index (χ4v) is 2.69. The molecule has 0 amide bonds. The molecule has 0 aliphatic heterocycles. The van der Waals surface area contributed by atoms with Crippen LogP contribution in [0.15, 0.2) is 30.3 Å². The summed E-state index contributed by atoms with van der Waals surface area (Å²) in [6.07, 6.45) is 4.89. The van der Waals surface area contributed by atoms with E-state index in [2.05, 4.69) is 20.6 Å². The fraction of sp³-hybridized carbons (Fsp3) is 0.375. The topological polar surface area (TPSA) is 49.8 Å². The van der Waals surface area contributed by atoms with Crippen LogP contribution in [0.5, 0.6) is 0 Å². The van der Waals surface area contributed by atoms with Crippen LogP contribution in [0.2, 0.25) is 0 Å². The lowest BCUT2D eigenvalue weighted by Gasteiger charge is -2.14. The first-order valence-electron chi connectivity index (χ1n) is 7.34. The number of hydrogen-bond acceptors (Lipinski definition) is 4. The standard InChI is InChI=1S/C16H19FN4/c1-11-18-15(20-12-6-2-3-7-12)10-16(19-11)21-14-9-5-4-8-13(14)17/h4-5,8-10,12H,2-3,6-7H2,1H3,(H2,18,19,20,21). The van der Waals surface area contributed by atoms with E-state index in [1.807, 2.05) is 13.0 Å². The maximum absolute atomic E-state index is 13.7. The fourth-order valence-electron chi connectivity index (χ4n) is 2.69. The van der Waals surface area contributed by atoms with Gasteiger partial charge in [0.1, 0.15) is 23.3 Å². The number of nitrogens with zero attached hydrogens (tertiary/aromatic N) is 2. The summed E-state index contributed by atoms with van der Waals surface area (Å²) in [7, 11) is 0. The van der Waals surface area contributed by atoms with Gasteiger partial charge in [-0.3, -0.25) is 0 Å². The normalized spacial score (nSPS) is 15.1. The summed E-state index contributed by atoms with van der Waals surface area (Å²) in [6.45, 7) is 1.84. The van der Waals surface area contributed by atoms with Crippen LogP contribution in [0.4, 0.5) is 21.7 Å². The second-order valence-corrected chi connectivity index (χ2v) is 5.42. The molecule has 110 valence electrons. The molecule has 0 unspecified atom stereocenters. The van der Waals surface area contributed by atoms with Crippen LogP contribution >= 0.6 is 0 Å². The van der Waals surface area contributed by atoms with Crippen LogP contribution in [-0.4, -0.2) is 16.0 Å². The quantitative estimate of drug-likeness (QED) is 0.891. The van der Waals surface area contributed by atoms with Crippen molar-refractivity contribution in [2.45, 2.75) is 38.6 Å². The average molecular weight is 286 g/mol. The number of halogens is 1. The lowest BCUT2D eigenvalue weighted by atomic mass is 10.2. The van der Waals surface area contributed by atoms with Crippen molar-refractivity contribution < 1.29 is 4.39 Å². The molecule has 2 N–H and O–H groups in total. The van der Waals surface area contributed by atoms with E-state index in [1.165, 1.54) is 31.7 Å². The van der Waals surface area contributed by atoms with Crippen molar-refractivity contribution in [2.24, 2.45) is 0 Å². The van der Waals surface area contributed by atoms with Crippen molar-refractivity contribution in [2.75, 3.05) is 10.6 Å². The summed E-state index contributed by atoms with van der Waals surface area (Å²) in [6, 6.07) is 8.89. The van der Waals surface area contributed by atoms with Crippen LogP contribution in [0.1, 0.15) is 31.5 Å². The summed E-state index contributed by atoms with van der Waals surface area (Å²) in [5, 5.41) is 6.45. The van der Waals surface area contributed by atoms with Crippen molar-refractivity contribution >= 4 is 17.3 Å². The number of benzene rings is 1. The SMILES string of the molecule is Cc1nc(Nc2ccccc2F)cc(NC2CCCC2)n1. The minimum atomic E-state index is -0.293. The first-order valence-corrected chi connectivity index (χ1v) is 7.34. The van der Waals surface area contributed by atoms with Gasteiger partial charge in [-0.25, -0.2) is 14.4 Å². The zero-order valence-corrected chi connectivity index (χ0v) is 12.1. The number of rotatable bonds is 4. The van der Waals surface area contributed by atoms with Gasteiger partial charge in [-0.2, -0.15) is 0 Å². The Bertz CT molecular complexity index is 623. The Kier molecular flexibility index (Phi) is 3.99. The van der Waals surface area contributed by atoms with Gasteiger partial charge in [0.15, 0.2) is 0 Å². The first kappa shape index (κ1) is 13.8. The molecule has 0 spiro atoms. The molecule has 0 atom stereocenters. The van der Waals surface area contributed by atoms with E-state index in [9.17, 15) is 4.39 Å². The minimum absolute atomic E-state index is 0.293. The van der Waals surface area contributed by atoms with E-state index in [-0.39, 0.29) is 5.82 Å². The molecule has 1 aromatic carbocycles. The molecular formula is C16H19FN4. The van der Waals surface area contributed by atoms with Crippen LogP contribution < -0.4 is 10.6 Å². The molecule has 0 radical (unpaired) electrons. The average Bonchev–Trinajstić information content (AvgIpc) is 2.93. The highest BCUT2D eigenvalue weighted by molar-refractivity contribution is 5.59. The molecule has 1 fully saturated rings. The molecule has 1 saturated carbocycles. The Hall–Kier alpha value is -2.17. The zero-order chi connectivity index (χ0) is 14.7. The first-order chi connectivity index (χ1) is 10.2. The predicted molar refractivity (Wildman–Crippen MR) is 82.3 cm³/mol. The van der Waals surface area contributed by atoms with Crippen LogP contribution in [0.3, 0.4) is 0 Å². The number of aryl methyl sites for hydroxylation is 1. The van der Waals surface area contributed by atoms with Crippen molar-refractivity contribution in [3.05, 3.63) is 42.0 Å². The van der Waals surface area contributed by atoms with Crippen LogP contribution in [0.25, 0.3) is 0 Å². The van der Waals surface area contributed by atoms with Crippen molar-refractivity contribution in [3.8, 4) is 0 Å². The van der Waals surface area contributed by atoms with Gasteiger partial charge < -0.3 is 10.6 Å². The Morgan fingerprint density at radius 3 is 2.57 bits per heavy atom. The number of aromatic nitrogens is 2. The van der Waals surface area contributed by atoms with Gasteiger partial charge in [-0.1, -0.05) is 25.0 Å². The molecule has 5 heteroatoms. The molecule has 1 aliphatic carbocycles. The molecule has 1 aliphatic rings. The smallest absolute Gasteiger partial charge is 0.146 e. The third kappa shape index (κ3) is 3.48. The highest BCUT2D eigenvalue weighted by Gasteiger charge is 2.15. The Morgan fingerprint density at radius 2 is 1.81 bits per heavy atom. The third-order valence-corrected chi connectivity index (χ3v) is 3.68. The predicted octanol–water partition coefficient (Wildman–Crippen LogP) is 4.02. The molecular weight excluding hydrogens is 267 g/mol. The van der Waals surface area contributed by atoms with Gasteiger partial charge in [0.2, 0.25) is 0 Å². The monoisotopic (exact) mass is 286 g/mol. The van der Waals surface area contributed by atoms with Gasteiger partial charge in [0.05, 0.1) is 5.69 Å². The lowest BCUT2D eigenvalue weighted by molar-refractivity contribution is 0.632. The van der Waals surface area contributed by atoms with E-state index in [0.717, 1.165) is 5.82 Å². The van der Waals surface area contributed by atoms with Crippen LogP contribution in [0, 0.1) is 12.7 Å². The summed E-state index contributed by atoms with van der Waals surface area (Å²) in [5.74, 6) is 1.78. The largest absolute Gasteiger partial charge is 0.367 e. The second-order valence-electron chi connectivity index (χ2n) is 5.42. The second kappa shape index (κ2) is 6.08. The third-order valence-electron chi connectivity index (χ3n) is 3.68. The van der Waals surface area contributed by atoms with Gasteiger partial charge in [0, 0.05) is 12.1 Å². The number of anilines is 3. The highest BCUT2D eigenvalue weighted by Crippen LogP contribution is 2.24. The van der Waals surface area contributed by atoms with Crippen molar-refractivity contribution in [1.29, 1.82) is 0 Å². The van der Waals surface area contributed by atoms with Crippen molar-refractivity contribution in [1.82, 2.24) is 9.97 Å². The summed E-state index contributed by atoms with van der Waals surface area (Å²) in [4.78, 5) is 8.72. The van der Waals surface area contributed by atoms with Gasteiger partial charge in [-0.15, -0.1) is 0 Å². The Labute approximate surface area is 123 Å². The molecule has 0 saturated heterocycles. The molecule has 21 heavy (non-hydrogen) atoms. The van der Waals surface area contributed by atoms with E-state index in [0.29, 0.717) is 23.4 Å². The van der Waals surface area contributed by atoms with E-state index < -0.39 is 0 Å². The van der Waals surface area contributed by atoms with Crippen LogP contribution in [-0.2, 0) is 0 Å². The summed E-state index contributed by atoms with van der Waals surface area (Å²) < 4.78 is 13.7.